The van der Waals surface area contributed by atoms with E-state index in [-0.39, 0.29) is 24.2 Å². The SMILES string of the molecule is Cc1cccc2nc(C(=O)N(CC(=O)O)C(C)C)cn12. The average Bonchev–Trinajstić information content (AvgIpc) is 2.80. The normalized spacial score (nSPS) is 11.0. The highest BCUT2D eigenvalue weighted by molar-refractivity contribution is 5.94. The zero-order chi connectivity index (χ0) is 14.9. The molecule has 0 saturated carbocycles. The molecule has 0 fully saturated rings. The Morgan fingerprint density at radius 3 is 2.65 bits per heavy atom. The molecule has 6 nitrogen and oxygen atoms in total. The highest BCUT2D eigenvalue weighted by Crippen LogP contribution is 2.12. The highest BCUT2D eigenvalue weighted by atomic mass is 16.4. The van der Waals surface area contributed by atoms with Gasteiger partial charge in [-0.25, -0.2) is 4.98 Å². The zero-order valence-electron chi connectivity index (χ0n) is 11.7. The maximum Gasteiger partial charge on any atom is 0.323 e. The lowest BCUT2D eigenvalue weighted by molar-refractivity contribution is -0.138. The summed E-state index contributed by atoms with van der Waals surface area (Å²) >= 11 is 0. The number of aliphatic carboxylic acids is 1. The van der Waals surface area contributed by atoms with Gasteiger partial charge >= 0.3 is 5.97 Å². The molecule has 0 aromatic carbocycles. The van der Waals surface area contributed by atoms with E-state index < -0.39 is 5.97 Å². The minimum absolute atomic E-state index is 0.204. The summed E-state index contributed by atoms with van der Waals surface area (Å²) in [6.07, 6.45) is 1.64. The van der Waals surface area contributed by atoms with Gasteiger partial charge in [0.1, 0.15) is 17.9 Å². The van der Waals surface area contributed by atoms with Gasteiger partial charge in [0.25, 0.3) is 5.91 Å². The molecule has 20 heavy (non-hydrogen) atoms. The van der Waals surface area contributed by atoms with Crippen molar-refractivity contribution in [1.82, 2.24) is 14.3 Å². The van der Waals surface area contributed by atoms with E-state index in [1.54, 1.807) is 26.1 Å². The number of amides is 1. The molecular formula is C14H17N3O3. The predicted octanol–water partition coefficient (Wildman–Crippen LogP) is 1.58. The number of carbonyl (C=O) groups is 2. The molecule has 2 aromatic rings. The third-order valence-electron chi connectivity index (χ3n) is 3.10. The number of nitrogens with zero attached hydrogens (tertiary/aromatic N) is 3. The lowest BCUT2D eigenvalue weighted by Gasteiger charge is -2.23. The van der Waals surface area contributed by atoms with Crippen LogP contribution in [0.25, 0.3) is 5.65 Å². The molecule has 0 aliphatic heterocycles. The minimum Gasteiger partial charge on any atom is -0.480 e. The number of pyridine rings is 1. The van der Waals surface area contributed by atoms with Crippen LogP contribution in [-0.4, -0.2) is 43.9 Å². The van der Waals surface area contributed by atoms with E-state index in [1.165, 1.54) is 4.90 Å². The molecule has 0 unspecified atom stereocenters. The Bertz CT molecular complexity index is 661. The second kappa shape index (κ2) is 5.32. The molecule has 106 valence electrons. The lowest BCUT2D eigenvalue weighted by atomic mass is 10.3. The summed E-state index contributed by atoms with van der Waals surface area (Å²) in [6, 6.07) is 5.38. The molecule has 1 N–H and O–H groups in total. The first kappa shape index (κ1) is 14.0. The first-order valence-corrected chi connectivity index (χ1v) is 6.37. The number of carboxylic acid groups (broad SMARTS) is 1. The van der Waals surface area contributed by atoms with Crippen LogP contribution in [0.2, 0.25) is 0 Å². The van der Waals surface area contributed by atoms with Crippen LogP contribution >= 0.6 is 0 Å². The number of imidazole rings is 1. The Kier molecular flexibility index (Phi) is 3.74. The molecule has 0 bridgehead atoms. The maximum absolute atomic E-state index is 12.4. The number of carbonyl (C=O) groups excluding carboxylic acids is 1. The fourth-order valence-electron chi connectivity index (χ4n) is 2.03. The molecule has 0 atom stereocenters. The Morgan fingerprint density at radius 2 is 2.10 bits per heavy atom. The van der Waals surface area contributed by atoms with Gasteiger partial charge in [0, 0.05) is 17.9 Å². The number of aryl methyl sites for hydroxylation is 1. The van der Waals surface area contributed by atoms with Crippen molar-refractivity contribution >= 4 is 17.5 Å². The van der Waals surface area contributed by atoms with E-state index in [9.17, 15) is 9.59 Å². The number of hydrogen-bond acceptors (Lipinski definition) is 3. The Labute approximate surface area is 116 Å². The van der Waals surface area contributed by atoms with Crippen molar-refractivity contribution in [2.24, 2.45) is 0 Å². The van der Waals surface area contributed by atoms with Gasteiger partial charge in [-0.2, -0.15) is 0 Å². The zero-order valence-corrected chi connectivity index (χ0v) is 11.7. The van der Waals surface area contributed by atoms with Crippen molar-refractivity contribution in [3.05, 3.63) is 35.8 Å². The molecule has 0 radical (unpaired) electrons. The number of rotatable bonds is 4. The van der Waals surface area contributed by atoms with Crippen molar-refractivity contribution in [3.63, 3.8) is 0 Å². The maximum atomic E-state index is 12.4. The highest BCUT2D eigenvalue weighted by Gasteiger charge is 2.23. The van der Waals surface area contributed by atoms with Crippen LogP contribution in [0.4, 0.5) is 0 Å². The molecule has 0 spiro atoms. The van der Waals surface area contributed by atoms with Crippen molar-refractivity contribution in [3.8, 4) is 0 Å². The molecule has 2 heterocycles. The van der Waals surface area contributed by atoms with Gasteiger partial charge in [-0.05, 0) is 32.9 Å². The lowest BCUT2D eigenvalue weighted by Crippen LogP contribution is -2.40. The monoisotopic (exact) mass is 275 g/mol. The first-order valence-electron chi connectivity index (χ1n) is 6.37. The fraction of sp³-hybridized carbons (Fsp3) is 0.357. The van der Waals surface area contributed by atoms with E-state index >= 15 is 0 Å². The van der Waals surface area contributed by atoms with Gasteiger partial charge in [0.15, 0.2) is 0 Å². The number of carboxylic acids is 1. The summed E-state index contributed by atoms with van der Waals surface area (Å²) in [4.78, 5) is 28.8. The summed E-state index contributed by atoms with van der Waals surface area (Å²) in [5, 5.41) is 8.89. The number of aromatic nitrogens is 2. The smallest absolute Gasteiger partial charge is 0.323 e. The average molecular weight is 275 g/mol. The van der Waals surface area contributed by atoms with E-state index in [0.29, 0.717) is 5.65 Å². The molecule has 1 amide bonds. The van der Waals surface area contributed by atoms with Crippen molar-refractivity contribution in [1.29, 1.82) is 0 Å². The van der Waals surface area contributed by atoms with Crippen LogP contribution in [0.5, 0.6) is 0 Å². The third kappa shape index (κ3) is 2.64. The summed E-state index contributed by atoms with van der Waals surface area (Å²) in [6.45, 7) is 5.15. The van der Waals surface area contributed by atoms with Crippen LogP contribution in [0.15, 0.2) is 24.4 Å². The van der Waals surface area contributed by atoms with Gasteiger partial charge in [-0.15, -0.1) is 0 Å². The largest absolute Gasteiger partial charge is 0.480 e. The quantitative estimate of drug-likeness (QED) is 0.919. The molecule has 0 aliphatic carbocycles. The van der Waals surface area contributed by atoms with E-state index in [2.05, 4.69) is 4.98 Å². The van der Waals surface area contributed by atoms with Crippen molar-refractivity contribution in [2.45, 2.75) is 26.8 Å². The molecule has 0 saturated heterocycles. The molecule has 6 heteroatoms. The predicted molar refractivity (Wildman–Crippen MR) is 73.7 cm³/mol. The summed E-state index contributed by atoms with van der Waals surface area (Å²) in [7, 11) is 0. The minimum atomic E-state index is -1.04. The fourth-order valence-corrected chi connectivity index (χ4v) is 2.03. The third-order valence-corrected chi connectivity index (χ3v) is 3.10. The van der Waals surface area contributed by atoms with Gasteiger partial charge in [0.05, 0.1) is 0 Å². The van der Waals surface area contributed by atoms with E-state index in [0.717, 1.165) is 5.69 Å². The first-order chi connectivity index (χ1) is 9.40. The Morgan fingerprint density at radius 1 is 1.40 bits per heavy atom. The van der Waals surface area contributed by atoms with Crippen LogP contribution < -0.4 is 0 Å². The van der Waals surface area contributed by atoms with Gasteiger partial charge in [-0.3, -0.25) is 9.59 Å². The van der Waals surface area contributed by atoms with E-state index in [1.807, 2.05) is 23.5 Å². The molecule has 0 aliphatic rings. The second-order valence-corrected chi connectivity index (χ2v) is 4.94. The Hall–Kier alpha value is -2.37. The summed E-state index contributed by atoms with van der Waals surface area (Å²) in [5.41, 5.74) is 1.89. The standard InChI is InChI=1S/C14H17N3O3/c1-9(2)16(8-13(18)19)14(20)11-7-17-10(3)5-4-6-12(17)15-11/h4-7,9H,8H2,1-3H3,(H,18,19). The molecule has 2 aromatic heterocycles. The van der Waals surface area contributed by atoms with Crippen LogP contribution in [-0.2, 0) is 4.79 Å². The molecular weight excluding hydrogens is 258 g/mol. The number of hydrogen-bond donors (Lipinski definition) is 1. The van der Waals surface area contributed by atoms with Crippen molar-refractivity contribution < 1.29 is 14.7 Å². The van der Waals surface area contributed by atoms with Crippen LogP contribution in [0, 0.1) is 6.92 Å². The summed E-state index contributed by atoms with van der Waals surface area (Å²) in [5.74, 6) is -1.41. The van der Waals surface area contributed by atoms with E-state index in [4.69, 9.17) is 5.11 Å². The van der Waals surface area contributed by atoms with Crippen LogP contribution in [0.1, 0.15) is 30.0 Å². The van der Waals surface area contributed by atoms with Crippen LogP contribution in [0.3, 0.4) is 0 Å². The van der Waals surface area contributed by atoms with Gasteiger partial charge < -0.3 is 14.4 Å². The van der Waals surface area contributed by atoms with Gasteiger partial charge in [-0.1, -0.05) is 6.07 Å². The summed E-state index contributed by atoms with van der Waals surface area (Å²) < 4.78 is 1.81. The second-order valence-electron chi connectivity index (χ2n) is 4.94. The number of fused-ring (bicyclic) bond motifs is 1. The molecule has 2 rings (SSSR count). The van der Waals surface area contributed by atoms with Gasteiger partial charge in [0.2, 0.25) is 0 Å². The topological polar surface area (TPSA) is 74.9 Å². The Balaban J connectivity index is 2.38. The van der Waals surface area contributed by atoms with Crippen molar-refractivity contribution in [2.75, 3.05) is 6.54 Å².